The fourth-order valence-corrected chi connectivity index (χ4v) is 6.98. The SMILES string of the molecule is COC(CC1CCN(c2ccc(C3c4ccc(OCc5ccccc5)cc4CCC3c3ccccc3)cc2)CC1)OC. The maximum Gasteiger partial charge on any atom is 0.157 e. The van der Waals surface area contributed by atoms with Crippen LogP contribution in [0.1, 0.15) is 65.3 Å². The maximum absolute atomic E-state index is 6.22. The van der Waals surface area contributed by atoms with Gasteiger partial charge in [-0.3, -0.25) is 0 Å². The summed E-state index contributed by atoms with van der Waals surface area (Å²) in [6.45, 7) is 2.75. The quantitative estimate of drug-likeness (QED) is 0.182. The van der Waals surface area contributed by atoms with Gasteiger partial charge in [0, 0.05) is 45.3 Å². The van der Waals surface area contributed by atoms with Crippen LogP contribution >= 0.6 is 0 Å². The number of benzene rings is 4. The minimum Gasteiger partial charge on any atom is -0.489 e. The Bertz CT molecular complexity index is 1390. The fraction of sp³-hybridized carbons (Fsp3) is 0.368. The summed E-state index contributed by atoms with van der Waals surface area (Å²) in [5, 5.41) is 0. The van der Waals surface area contributed by atoms with Crippen LogP contribution in [-0.4, -0.2) is 33.6 Å². The van der Waals surface area contributed by atoms with Gasteiger partial charge in [-0.2, -0.15) is 0 Å². The largest absolute Gasteiger partial charge is 0.489 e. The lowest BCUT2D eigenvalue weighted by molar-refractivity contribution is -0.115. The molecule has 4 heteroatoms. The number of ether oxygens (including phenoxy) is 3. The van der Waals surface area contributed by atoms with Gasteiger partial charge in [-0.25, -0.2) is 0 Å². The fourth-order valence-electron chi connectivity index (χ4n) is 6.98. The highest BCUT2D eigenvalue weighted by atomic mass is 16.7. The van der Waals surface area contributed by atoms with Crippen LogP contribution in [0.4, 0.5) is 5.69 Å². The van der Waals surface area contributed by atoms with Crippen molar-refractivity contribution < 1.29 is 14.2 Å². The van der Waals surface area contributed by atoms with Crippen molar-refractivity contribution in [2.75, 3.05) is 32.2 Å². The molecule has 6 rings (SSSR count). The Morgan fingerprint density at radius 1 is 0.738 bits per heavy atom. The first-order chi connectivity index (χ1) is 20.7. The van der Waals surface area contributed by atoms with E-state index in [0.717, 1.165) is 38.1 Å². The molecular formula is C38H43NO3. The van der Waals surface area contributed by atoms with Crippen LogP contribution in [0, 0.1) is 5.92 Å². The number of aryl methyl sites for hydroxylation is 1. The van der Waals surface area contributed by atoms with Gasteiger partial charge in [0.15, 0.2) is 6.29 Å². The predicted octanol–water partition coefficient (Wildman–Crippen LogP) is 8.35. The number of fused-ring (bicyclic) bond motifs is 1. The second kappa shape index (κ2) is 13.6. The molecule has 2 atom stereocenters. The second-order valence-corrected chi connectivity index (χ2v) is 11.8. The zero-order valence-corrected chi connectivity index (χ0v) is 25.0. The van der Waals surface area contributed by atoms with E-state index in [-0.39, 0.29) is 6.29 Å². The molecule has 2 aliphatic rings. The number of anilines is 1. The average Bonchev–Trinajstić information content (AvgIpc) is 3.07. The van der Waals surface area contributed by atoms with Crippen molar-refractivity contribution in [2.45, 2.75) is 56.8 Å². The highest BCUT2D eigenvalue weighted by Gasteiger charge is 2.32. The summed E-state index contributed by atoms with van der Waals surface area (Å²) in [7, 11) is 3.47. The van der Waals surface area contributed by atoms with Crippen LogP contribution in [0.3, 0.4) is 0 Å². The van der Waals surface area contributed by atoms with E-state index in [0.29, 0.717) is 24.4 Å². The lowest BCUT2D eigenvalue weighted by Gasteiger charge is -2.36. The summed E-state index contributed by atoms with van der Waals surface area (Å²) < 4.78 is 17.1. The van der Waals surface area contributed by atoms with Gasteiger partial charge in [-0.1, -0.05) is 78.9 Å². The molecule has 4 nitrogen and oxygen atoms in total. The van der Waals surface area contributed by atoms with E-state index in [9.17, 15) is 0 Å². The summed E-state index contributed by atoms with van der Waals surface area (Å²) in [6, 6.07) is 37.7. The monoisotopic (exact) mass is 561 g/mol. The van der Waals surface area contributed by atoms with E-state index < -0.39 is 0 Å². The molecule has 0 amide bonds. The molecular weight excluding hydrogens is 518 g/mol. The van der Waals surface area contributed by atoms with Gasteiger partial charge in [0.05, 0.1) is 0 Å². The van der Waals surface area contributed by atoms with E-state index in [2.05, 4.69) is 102 Å². The molecule has 0 bridgehead atoms. The Kier molecular flexibility index (Phi) is 9.22. The molecule has 1 fully saturated rings. The van der Waals surface area contributed by atoms with Gasteiger partial charge in [-0.05, 0) is 89.6 Å². The summed E-state index contributed by atoms with van der Waals surface area (Å²) >= 11 is 0. The predicted molar refractivity (Wildman–Crippen MR) is 170 cm³/mol. The van der Waals surface area contributed by atoms with E-state index in [1.54, 1.807) is 14.2 Å². The summed E-state index contributed by atoms with van der Waals surface area (Å²) in [5.74, 6) is 2.37. The van der Waals surface area contributed by atoms with Gasteiger partial charge in [0.2, 0.25) is 0 Å². The van der Waals surface area contributed by atoms with Crippen molar-refractivity contribution >= 4 is 5.69 Å². The van der Waals surface area contributed by atoms with Crippen LogP contribution in [0.25, 0.3) is 0 Å². The van der Waals surface area contributed by atoms with Crippen LogP contribution in [0.2, 0.25) is 0 Å². The van der Waals surface area contributed by atoms with Gasteiger partial charge < -0.3 is 19.1 Å². The third-order valence-corrected chi connectivity index (χ3v) is 9.34. The second-order valence-electron chi connectivity index (χ2n) is 11.8. The van der Waals surface area contributed by atoms with Crippen molar-refractivity contribution in [1.82, 2.24) is 0 Å². The Balaban J connectivity index is 1.21. The lowest BCUT2D eigenvalue weighted by Crippen LogP contribution is -2.35. The first-order valence-corrected chi connectivity index (χ1v) is 15.5. The average molecular weight is 562 g/mol. The van der Waals surface area contributed by atoms with Crippen molar-refractivity contribution in [1.29, 1.82) is 0 Å². The van der Waals surface area contributed by atoms with E-state index in [1.807, 2.05) is 6.07 Å². The van der Waals surface area contributed by atoms with Gasteiger partial charge >= 0.3 is 0 Å². The zero-order chi connectivity index (χ0) is 28.7. The first-order valence-electron chi connectivity index (χ1n) is 15.5. The molecule has 218 valence electrons. The van der Waals surface area contributed by atoms with Crippen LogP contribution in [-0.2, 0) is 22.5 Å². The molecule has 4 aromatic carbocycles. The van der Waals surface area contributed by atoms with Crippen molar-refractivity contribution in [3.8, 4) is 5.75 Å². The first kappa shape index (κ1) is 28.5. The number of piperidine rings is 1. The topological polar surface area (TPSA) is 30.9 Å². The summed E-state index contributed by atoms with van der Waals surface area (Å²) in [4.78, 5) is 2.54. The smallest absolute Gasteiger partial charge is 0.157 e. The standard InChI is InChI=1S/C38H43NO3/c1-40-37(41-2)25-28-21-23-39(24-22-28)33-16-13-31(14-17-33)38-35(30-11-7-4-8-12-30)19-15-32-26-34(18-20-36(32)38)42-27-29-9-5-3-6-10-29/h3-14,16-18,20,26,28,35,37-38H,15,19,21-25,27H2,1-2H3. The molecule has 1 saturated heterocycles. The number of methoxy groups -OCH3 is 2. The molecule has 0 spiro atoms. The Morgan fingerprint density at radius 3 is 2.12 bits per heavy atom. The number of rotatable bonds is 10. The molecule has 0 radical (unpaired) electrons. The molecule has 4 aromatic rings. The van der Waals surface area contributed by atoms with Crippen LogP contribution in [0.5, 0.6) is 5.75 Å². The summed E-state index contributed by atoms with van der Waals surface area (Å²) in [5.41, 5.74) is 8.18. The Labute approximate surface area is 251 Å². The van der Waals surface area contributed by atoms with Gasteiger partial charge in [0.1, 0.15) is 12.4 Å². The van der Waals surface area contributed by atoms with E-state index in [4.69, 9.17) is 14.2 Å². The molecule has 0 saturated carbocycles. The third kappa shape index (κ3) is 6.56. The van der Waals surface area contributed by atoms with Crippen molar-refractivity contribution in [3.63, 3.8) is 0 Å². The number of hydrogen-bond donors (Lipinski definition) is 0. The highest BCUT2D eigenvalue weighted by Crippen LogP contribution is 2.47. The van der Waals surface area contributed by atoms with E-state index in [1.165, 1.54) is 46.3 Å². The molecule has 1 aliphatic heterocycles. The number of hydrogen-bond acceptors (Lipinski definition) is 4. The van der Waals surface area contributed by atoms with Gasteiger partial charge in [-0.15, -0.1) is 0 Å². The molecule has 1 aliphatic carbocycles. The summed E-state index contributed by atoms with van der Waals surface area (Å²) in [6.07, 6.45) is 5.41. The molecule has 2 unspecified atom stereocenters. The Hall–Kier alpha value is -3.60. The minimum absolute atomic E-state index is 0.0942. The van der Waals surface area contributed by atoms with Crippen LogP contribution in [0.15, 0.2) is 103 Å². The minimum atomic E-state index is -0.0942. The number of nitrogens with zero attached hydrogens (tertiary/aromatic N) is 1. The van der Waals surface area contributed by atoms with Crippen molar-refractivity contribution in [3.05, 3.63) is 131 Å². The molecule has 1 heterocycles. The highest BCUT2D eigenvalue weighted by molar-refractivity contribution is 5.53. The third-order valence-electron chi connectivity index (χ3n) is 9.34. The lowest BCUT2D eigenvalue weighted by atomic mass is 9.69. The Morgan fingerprint density at radius 2 is 1.43 bits per heavy atom. The molecule has 0 aromatic heterocycles. The van der Waals surface area contributed by atoms with E-state index >= 15 is 0 Å². The normalized spacial score (nSPS) is 19.1. The maximum atomic E-state index is 6.22. The van der Waals surface area contributed by atoms with Crippen LogP contribution < -0.4 is 9.64 Å². The molecule has 42 heavy (non-hydrogen) atoms. The zero-order valence-electron chi connectivity index (χ0n) is 25.0. The molecule has 0 N–H and O–H groups in total. The van der Waals surface area contributed by atoms with Crippen molar-refractivity contribution in [2.24, 2.45) is 5.92 Å². The van der Waals surface area contributed by atoms with Gasteiger partial charge in [0.25, 0.3) is 0 Å².